The Hall–Kier alpha value is -3.22. The lowest BCUT2D eigenvalue weighted by atomic mass is 9.96. The molecule has 2 amide bonds. The Morgan fingerprint density at radius 1 is 0.944 bits per heavy atom. The molecule has 0 aromatic heterocycles. The normalized spacial score (nSPS) is 16.7. The summed E-state index contributed by atoms with van der Waals surface area (Å²) < 4.78 is 18.9. The molecule has 2 aliphatic rings. The Labute approximate surface area is 212 Å². The number of halogens is 1. The number of nitrogens with zero attached hydrogens (tertiary/aromatic N) is 2. The summed E-state index contributed by atoms with van der Waals surface area (Å²) in [6.45, 7) is 3.59. The predicted molar refractivity (Wildman–Crippen MR) is 136 cm³/mol. The van der Waals surface area contributed by atoms with Crippen molar-refractivity contribution < 1.29 is 23.5 Å². The van der Waals surface area contributed by atoms with Crippen molar-refractivity contribution in [2.75, 3.05) is 24.6 Å². The first-order valence-corrected chi connectivity index (χ1v) is 13.0. The number of carbonyl (C=O) groups excluding carboxylic acids is 3. The van der Waals surface area contributed by atoms with E-state index in [4.69, 9.17) is 4.74 Å². The van der Waals surface area contributed by atoms with Crippen LogP contribution in [-0.4, -0.2) is 42.4 Å². The van der Waals surface area contributed by atoms with Gasteiger partial charge in [-0.25, -0.2) is 4.39 Å². The predicted octanol–water partition coefficient (Wildman–Crippen LogP) is 4.89. The van der Waals surface area contributed by atoms with Crippen molar-refractivity contribution in [2.45, 2.75) is 58.4 Å². The van der Waals surface area contributed by atoms with Gasteiger partial charge in [-0.3, -0.25) is 14.4 Å². The number of ether oxygens (including phenoxy) is 1. The monoisotopic (exact) mass is 494 g/mol. The van der Waals surface area contributed by atoms with E-state index in [9.17, 15) is 18.8 Å². The van der Waals surface area contributed by atoms with Gasteiger partial charge >= 0.3 is 5.97 Å². The molecule has 4 rings (SSSR count). The minimum atomic E-state index is -0.319. The quantitative estimate of drug-likeness (QED) is 0.490. The van der Waals surface area contributed by atoms with E-state index in [1.807, 2.05) is 35.2 Å². The summed E-state index contributed by atoms with van der Waals surface area (Å²) in [4.78, 5) is 41.7. The lowest BCUT2D eigenvalue weighted by Crippen LogP contribution is -2.41. The Kier molecular flexibility index (Phi) is 8.73. The zero-order valence-electron chi connectivity index (χ0n) is 21.0. The van der Waals surface area contributed by atoms with Gasteiger partial charge < -0.3 is 14.5 Å². The van der Waals surface area contributed by atoms with Crippen molar-refractivity contribution in [1.82, 2.24) is 4.90 Å². The highest BCUT2D eigenvalue weighted by Gasteiger charge is 2.29. The first kappa shape index (κ1) is 25.9. The third kappa shape index (κ3) is 6.50. The molecule has 36 heavy (non-hydrogen) atoms. The second kappa shape index (κ2) is 12.2. The number of anilines is 1. The van der Waals surface area contributed by atoms with Crippen molar-refractivity contribution in [3.8, 4) is 0 Å². The molecule has 2 aromatic rings. The highest BCUT2D eigenvalue weighted by atomic mass is 19.1. The number of piperidine rings is 1. The first-order valence-electron chi connectivity index (χ1n) is 13.0. The summed E-state index contributed by atoms with van der Waals surface area (Å²) in [5.74, 6) is -0.517. The highest BCUT2D eigenvalue weighted by Crippen LogP contribution is 2.30. The van der Waals surface area contributed by atoms with E-state index in [1.165, 1.54) is 12.1 Å². The lowest BCUT2D eigenvalue weighted by Gasteiger charge is -2.31. The fourth-order valence-corrected chi connectivity index (χ4v) is 5.21. The molecule has 1 aliphatic heterocycles. The SMILES string of the molecule is CCOC(=O)C1CCN(C(=O)Cc2ccc(N(Cc3cccc(F)c3)C(=O)C3CCCC3)cc2)CC1. The molecule has 1 saturated carbocycles. The number of hydrogen-bond donors (Lipinski definition) is 0. The van der Waals surface area contributed by atoms with E-state index in [-0.39, 0.29) is 41.9 Å². The topological polar surface area (TPSA) is 66.9 Å². The average Bonchev–Trinajstić information content (AvgIpc) is 3.43. The fraction of sp³-hybridized carbons (Fsp3) is 0.483. The number of likely N-dealkylation sites (tertiary alicyclic amines) is 1. The standard InChI is InChI=1S/C29H35FN2O4/c1-2-36-29(35)24-14-16-31(17-15-24)27(33)19-21-10-12-26(13-11-21)32(28(34)23-7-3-4-8-23)20-22-6-5-9-25(30)18-22/h5-6,9-13,18,23-24H,2-4,7-8,14-17,19-20H2,1H3. The molecule has 1 aliphatic carbocycles. The molecule has 192 valence electrons. The van der Waals surface area contributed by atoms with Crippen LogP contribution in [0.15, 0.2) is 48.5 Å². The molecule has 2 aromatic carbocycles. The molecule has 0 spiro atoms. The molecule has 0 N–H and O–H groups in total. The molecule has 1 saturated heterocycles. The minimum Gasteiger partial charge on any atom is -0.466 e. The minimum absolute atomic E-state index is 0.00245. The maximum Gasteiger partial charge on any atom is 0.309 e. The lowest BCUT2D eigenvalue weighted by molar-refractivity contribution is -0.151. The van der Waals surface area contributed by atoms with E-state index >= 15 is 0 Å². The summed E-state index contributed by atoms with van der Waals surface area (Å²) in [5, 5.41) is 0. The van der Waals surface area contributed by atoms with E-state index in [1.54, 1.807) is 17.9 Å². The van der Waals surface area contributed by atoms with Crippen LogP contribution in [0.1, 0.15) is 56.6 Å². The number of esters is 1. The summed E-state index contributed by atoms with van der Waals surface area (Å²) in [6.07, 6.45) is 5.41. The summed E-state index contributed by atoms with van der Waals surface area (Å²) in [6, 6.07) is 13.9. The van der Waals surface area contributed by atoms with Gasteiger partial charge in [0.2, 0.25) is 11.8 Å². The van der Waals surface area contributed by atoms with Crippen LogP contribution in [0.5, 0.6) is 0 Å². The maximum atomic E-state index is 13.8. The van der Waals surface area contributed by atoms with Crippen LogP contribution in [0, 0.1) is 17.7 Å². The fourth-order valence-electron chi connectivity index (χ4n) is 5.21. The van der Waals surface area contributed by atoms with Crippen molar-refractivity contribution in [3.05, 3.63) is 65.5 Å². The van der Waals surface area contributed by atoms with Crippen LogP contribution in [0.25, 0.3) is 0 Å². The van der Waals surface area contributed by atoms with Crippen LogP contribution in [0.3, 0.4) is 0 Å². The second-order valence-corrected chi connectivity index (χ2v) is 9.79. The Morgan fingerprint density at radius 3 is 2.28 bits per heavy atom. The van der Waals surface area contributed by atoms with E-state index < -0.39 is 0 Å². The van der Waals surface area contributed by atoms with Crippen LogP contribution in [-0.2, 0) is 32.1 Å². The van der Waals surface area contributed by atoms with Gasteiger partial charge in [0, 0.05) is 24.7 Å². The molecule has 1 heterocycles. The molecule has 0 bridgehead atoms. The third-order valence-electron chi connectivity index (χ3n) is 7.27. The van der Waals surface area contributed by atoms with Gasteiger partial charge in [0.1, 0.15) is 5.82 Å². The Morgan fingerprint density at radius 2 is 1.64 bits per heavy atom. The molecular weight excluding hydrogens is 459 g/mol. The van der Waals surface area contributed by atoms with E-state index in [2.05, 4.69) is 0 Å². The number of benzene rings is 2. The summed E-state index contributed by atoms with van der Waals surface area (Å²) >= 11 is 0. The van der Waals surface area contributed by atoms with Crippen LogP contribution in [0.2, 0.25) is 0 Å². The van der Waals surface area contributed by atoms with Crippen LogP contribution in [0.4, 0.5) is 10.1 Å². The third-order valence-corrected chi connectivity index (χ3v) is 7.27. The second-order valence-electron chi connectivity index (χ2n) is 9.79. The van der Waals surface area contributed by atoms with E-state index in [0.29, 0.717) is 39.1 Å². The van der Waals surface area contributed by atoms with Crippen molar-refractivity contribution in [3.63, 3.8) is 0 Å². The zero-order chi connectivity index (χ0) is 25.5. The highest BCUT2D eigenvalue weighted by molar-refractivity contribution is 5.95. The molecule has 7 heteroatoms. The zero-order valence-corrected chi connectivity index (χ0v) is 21.0. The molecule has 0 atom stereocenters. The number of rotatable bonds is 8. The Balaban J connectivity index is 1.40. The molecule has 6 nitrogen and oxygen atoms in total. The van der Waals surface area contributed by atoms with Gasteiger partial charge in [-0.2, -0.15) is 0 Å². The first-order chi connectivity index (χ1) is 17.4. The smallest absolute Gasteiger partial charge is 0.309 e. The average molecular weight is 495 g/mol. The van der Waals surface area contributed by atoms with Gasteiger partial charge in [0.05, 0.1) is 25.5 Å². The van der Waals surface area contributed by atoms with Crippen molar-refractivity contribution >= 4 is 23.5 Å². The largest absolute Gasteiger partial charge is 0.466 e. The number of amides is 2. The van der Waals surface area contributed by atoms with Gasteiger partial charge in [-0.15, -0.1) is 0 Å². The van der Waals surface area contributed by atoms with Crippen LogP contribution >= 0.6 is 0 Å². The molecule has 0 unspecified atom stereocenters. The van der Waals surface area contributed by atoms with Crippen LogP contribution < -0.4 is 4.90 Å². The maximum absolute atomic E-state index is 13.8. The molecule has 0 radical (unpaired) electrons. The van der Waals surface area contributed by atoms with Gasteiger partial charge in [0.25, 0.3) is 0 Å². The Bertz CT molecular complexity index is 1060. The summed E-state index contributed by atoms with van der Waals surface area (Å²) in [7, 11) is 0. The van der Waals surface area contributed by atoms with Crippen molar-refractivity contribution in [2.24, 2.45) is 11.8 Å². The number of carbonyl (C=O) groups is 3. The molecule has 2 fully saturated rings. The van der Waals surface area contributed by atoms with Gasteiger partial charge in [0.15, 0.2) is 0 Å². The number of hydrogen-bond acceptors (Lipinski definition) is 4. The van der Waals surface area contributed by atoms with E-state index in [0.717, 1.165) is 42.5 Å². The molecular formula is C29H35FN2O4. The summed E-state index contributed by atoms with van der Waals surface area (Å²) in [5.41, 5.74) is 2.37. The van der Waals surface area contributed by atoms with Crippen molar-refractivity contribution in [1.29, 1.82) is 0 Å². The van der Waals surface area contributed by atoms with Gasteiger partial charge in [-0.1, -0.05) is 37.1 Å². The van der Waals surface area contributed by atoms with Gasteiger partial charge in [-0.05, 0) is 68.0 Å².